The molecule has 27 heavy (non-hydrogen) atoms. The molecule has 144 valence electrons. The van der Waals surface area contributed by atoms with Gasteiger partial charge in [-0.1, -0.05) is 33.8 Å². The van der Waals surface area contributed by atoms with Crippen LogP contribution in [0, 0.1) is 6.92 Å². The van der Waals surface area contributed by atoms with Gasteiger partial charge in [-0.25, -0.2) is 4.79 Å². The average molecular weight is 384 g/mol. The monoisotopic (exact) mass is 383 g/mol. The third-order valence-corrected chi connectivity index (χ3v) is 6.73. The molecule has 2 aromatic carbocycles. The van der Waals surface area contributed by atoms with Gasteiger partial charge < -0.3 is 9.46 Å². The molecule has 0 aromatic heterocycles. The zero-order chi connectivity index (χ0) is 19.8. The molecule has 0 atom stereocenters. The Kier molecular flexibility index (Phi) is 5.31. The minimum atomic E-state index is -0.315. The molecule has 1 aliphatic rings. The van der Waals surface area contributed by atoms with E-state index in [2.05, 4.69) is 51.5 Å². The first-order valence-electron chi connectivity index (χ1n) is 9.41. The Morgan fingerprint density at radius 3 is 2.11 bits per heavy atom. The number of hydrogen-bond donors (Lipinski definition) is 1. The third kappa shape index (κ3) is 4.01. The second-order valence-electron chi connectivity index (χ2n) is 8.70. The summed E-state index contributed by atoms with van der Waals surface area (Å²) in [4.78, 5) is 12.8. The Morgan fingerprint density at radius 1 is 1.00 bits per heavy atom. The van der Waals surface area contributed by atoms with Gasteiger partial charge in [-0.05, 0) is 89.6 Å². The number of methoxy groups -OCH3 is 1. The van der Waals surface area contributed by atoms with Crippen LogP contribution in [0.2, 0.25) is 0 Å². The van der Waals surface area contributed by atoms with Crippen molar-refractivity contribution in [3.8, 4) is 0 Å². The molecular formula is C23H29NO2S. The maximum absolute atomic E-state index is 11.6. The second-order valence-corrected chi connectivity index (χ2v) is 9.55. The molecule has 0 radical (unpaired) electrons. The molecule has 3 rings (SSSR count). The summed E-state index contributed by atoms with van der Waals surface area (Å²) in [6, 6.07) is 12.1. The minimum Gasteiger partial charge on any atom is -0.465 e. The lowest BCUT2D eigenvalue weighted by molar-refractivity contribution is 0.0601. The molecule has 0 saturated carbocycles. The Bertz CT molecular complexity index is 853. The van der Waals surface area contributed by atoms with Crippen molar-refractivity contribution in [1.82, 2.24) is 0 Å². The molecule has 0 bridgehead atoms. The predicted octanol–water partition coefficient (Wildman–Crippen LogP) is 6.25. The molecule has 0 saturated heterocycles. The van der Waals surface area contributed by atoms with Crippen molar-refractivity contribution in [3.05, 3.63) is 58.7 Å². The third-order valence-electron chi connectivity index (χ3n) is 5.73. The van der Waals surface area contributed by atoms with Gasteiger partial charge in [0.2, 0.25) is 0 Å². The molecule has 0 spiro atoms. The molecule has 0 unspecified atom stereocenters. The fourth-order valence-corrected chi connectivity index (χ4v) is 4.48. The molecule has 0 aliphatic heterocycles. The largest absolute Gasteiger partial charge is 0.465 e. The highest BCUT2D eigenvalue weighted by molar-refractivity contribution is 8.00. The second kappa shape index (κ2) is 7.23. The van der Waals surface area contributed by atoms with Crippen molar-refractivity contribution in [1.29, 1.82) is 0 Å². The van der Waals surface area contributed by atoms with Crippen LogP contribution in [0.4, 0.5) is 5.69 Å². The number of carbonyl (C=O) groups excluding carboxylic acids is 1. The highest BCUT2D eigenvalue weighted by Gasteiger charge is 2.37. The fraction of sp³-hybridized carbons (Fsp3) is 0.435. The summed E-state index contributed by atoms with van der Waals surface area (Å²) in [5.41, 5.74) is 6.21. The first-order valence-corrected chi connectivity index (χ1v) is 10.2. The molecule has 1 aliphatic carbocycles. The van der Waals surface area contributed by atoms with Gasteiger partial charge in [0, 0.05) is 10.6 Å². The quantitative estimate of drug-likeness (QED) is 0.500. The van der Waals surface area contributed by atoms with Crippen LogP contribution < -0.4 is 4.72 Å². The van der Waals surface area contributed by atoms with Crippen LogP contribution in [0.15, 0.2) is 41.3 Å². The molecule has 0 amide bonds. The first kappa shape index (κ1) is 19.8. The normalized spacial score (nSPS) is 17.1. The van der Waals surface area contributed by atoms with Gasteiger partial charge in [-0.2, -0.15) is 0 Å². The summed E-state index contributed by atoms with van der Waals surface area (Å²) >= 11 is 1.63. The fourth-order valence-electron chi connectivity index (χ4n) is 3.72. The maximum atomic E-state index is 11.6. The van der Waals surface area contributed by atoms with Gasteiger partial charge in [0.25, 0.3) is 0 Å². The number of esters is 1. The van der Waals surface area contributed by atoms with Crippen LogP contribution in [-0.2, 0) is 15.6 Å². The van der Waals surface area contributed by atoms with Crippen molar-refractivity contribution < 1.29 is 9.53 Å². The van der Waals surface area contributed by atoms with E-state index in [-0.39, 0.29) is 16.8 Å². The Labute approximate surface area is 167 Å². The molecule has 1 N–H and O–H groups in total. The van der Waals surface area contributed by atoms with Crippen LogP contribution in [0.25, 0.3) is 0 Å². The summed E-state index contributed by atoms with van der Waals surface area (Å²) in [5.74, 6) is -0.315. The molecule has 3 nitrogen and oxygen atoms in total. The summed E-state index contributed by atoms with van der Waals surface area (Å²) in [6.07, 6.45) is 2.44. The van der Waals surface area contributed by atoms with E-state index in [1.165, 1.54) is 41.5 Å². The van der Waals surface area contributed by atoms with Gasteiger partial charge in [0.05, 0.1) is 12.7 Å². The van der Waals surface area contributed by atoms with Gasteiger partial charge in [0.1, 0.15) is 0 Å². The summed E-state index contributed by atoms with van der Waals surface area (Å²) < 4.78 is 8.15. The lowest BCUT2D eigenvalue weighted by Gasteiger charge is -2.42. The van der Waals surface area contributed by atoms with Crippen molar-refractivity contribution >= 4 is 23.6 Å². The van der Waals surface area contributed by atoms with Crippen LogP contribution in [-0.4, -0.2) is 13.1 Å². The summed E-state index contributed by atoms with van der Waals surface area (Å²) in [6.45, 7) is 11.6. The van der Waals surface area contributed by atoms with Crippen molar-refractivity contribution in [2.75, 3.05) is 11.8 Å². The molecule has 0 heterocycles. The van der Waals surface area contributed by atoms with Crippen molar-refractivity contribution in [2.45, 2.75) is 63.2 Å². The van der Waals surface area contributed by atoms with E-state index in [0.717, 1.165) is 5.69 Å². The van der Waals surface area contributed by atoms with E-state index in [1.54, 1.807) is 24.1 Å². The Morgan fingerprint density at radius 2 is 1.56 bits per heavy atom. The molecule has 0 fully saturated rings. The number of nitrogens with one attached hydrogen (secondary N) is 1. The number of carbonyl (C=O) groups is 1. The van der Waals surface area contributed by atoms with Gasteiger partial charge in [-0.3, -0.25) is 0 Å². The number of anilines is 1. The molecule has 4 heteroatoms. The SMILES string of the molecule is COC(=O)c1ccc(NSc2cc3c(cc2C)C(C)(C)CCC3(C)C)cc1. The number of fused-ring (bicyclic) bond motifs is 1. The number of hydrogen-bond acceptors (Lipinski definition) is 4. The standard InChI is InChI=1S/C23H29NO2S/c1-15-13-18-19(23(4,5)12-11-22(18,2)3)14-20(15)27-24-17-9-7-16(8-10-17)21(25)26-6/h7-10,13-14,24H,11-12H2,1-6H3. The summed E-state index contributed by atoms with van der Waals surface area (Å²) in [5, 5.41) is 0. The average Bonchev–Trinajstić information content (AvgIpc) is 2.64. The minimum absolute atomic E-state index is 0.204. The summed E-state index contributed by atoms with van der Waals surface area (Å²) in [7, 11) is 1.39. The predicted molar refractivity (Wildman–Crippen MR) is 114 cm³/mol. The highest BCUT2D eigenvalue weighted by Crippen LogP contribution is 2.47. The van der Waals surface area contributed by atoms with E-state index in [0.29, 0.717) is 5.56 Å². The van der Waals surface area contributed by atoms with Crippen LogP contribution in [0.3, 0.4) is 0 Å². The zero-order valence-corrected chi connectivity index (χ0v) is 17.9. The number of rotatable bonds is 4. The highest BCUT2D eigenvalue weighted by atomic mass is 32.2. The van der Waals surface area contributed by atoms with Crippen LogP contribution in [0.5, 0.6) is 0 Å². The smallest absolute Gasteiger partial charge is 0.337 e. The van der Waals surface area contributed by atoms with Crippen molar-refractivity contribution in [2.24, 2.45) is 0 Å². The Balaban J connectivity index is 1.83. The number of benzene rings is 2. The van der Waals surface area contributed by atoms with E-state index >= 15 is 0 Å². The Hall–Kier alpha value is -1.94. The molecular weight excluding hydrogens is 354 g/mol. The maximum Gasteiger partial charge on any atom is 0.337 e. The van der Waals surface area contributed by atoms with E-state index in [1.807, 2.05) is 12.1 Å². The van der Waals surface area contributed by atoms with E-state index in [9.17, 15) is 4.79 Å². The van der Waals surface area contributed by atoms with Crippen LogP contribution >= 0.6 is 11.9 Å². The van der Waals surface area contributed by atoms with Crippen LogP contribution in [0.1, 0.15) is 67.6 Å². The zero-order valence-electron chi connectivity index (χ0n) is 17.1. The topological polar surface area (TPSA) is 38.3 Å². The van der Waals surface area contributed by atoms with Gasteiger partial charge in [0.15, 0.2) is 0 Å². The lowest BCUT2D eigenvalue weighted by Crippen LogP contribution is -2.34. The van der Waals surface area contributed by atoms with Gasteiger partial charge >= 0.3 is 5.97 Å². The number of ether oxygens (including phenoxy) is 1. The van der Waals surface area contributed by atoms with Crippen molar-refractivity contribution in [3.63, 3.8) is 0 Å². The molecule has 2 aromatic rings. The van der Waals surface area contributed by atoms with Gasteiger partial charge in [-0.15, -0.1) is 0 Å². The van der Waals surface area contributed by atoms with E-state index < -0.39 is 0 Å². The lowest BCUT2D eigenvalue weighted by atomic mass is 9.63. The number of aryl methyl sites for hydroxylation is 1. The first-order chi connectivity index (χ1) is 12.6. The van der Waals surface area contributed by atoms with E-state index in [4.69, 9.17) is 4.74 Å².